The molecule has 9 heteroatoms. The van der Waals surface area contributed by atoms with Crippen molar-refractivity contribution in [2.24, 2.45) is 0 Å². The van der Waals surface area contributed by atoms with Crippen LogP contribution in [0, 0.1) is 0 Å². The van der Waals surface area contributed by atoms with Crippen molar-refractivity contribution in [1.82, 2.24) is 14.3 Å². The lowest BCUT2D eigenvalue weighted by atomic mass is 10.0. The first-order valence-corrected chi connectivity index (χ1v) is 11.5. The molecule has 0 amide bonds. The van der Waals surface area contributed by atoms with Gasteiger partial charge in [0.2, 0.25) is 20.0 Å². The Balaban J connectivity index is 2.28. The lowest BCUT2D eigenvalue weighted by molar-refractivity contribution is 0.361. The zero-order valence-electron chi connectivity index (χ0n) is 14.9. The molecule has 0 aromatic heterocycles. The fourth-order valence-corrected chi connectivity index (χ4v) is 5.95. The first-order valence-electron chi connectivity index (χ1n) is 8.56. The summed E-state index contributed by atoms with van der Waals surface area (Å²) in [6, 6.07) is 5.66. The van der Waals surface area contributed by atoms with Gasteiger partial charge in [-0.1, -0.05) is 19.9 Å². The summed E-state index contributed by atoms with van der Waals surface area (Å²) in [7, 11) is -7.46. The normalized spacial score (nSPS) is 22.2. The lowest BCUT2D eigenvalue weighted by Gasteiger charge is -2.28. The average Bonchev–Trinajstić information content (AvgIpc) is 2.55. The molecule has 1 aromatic carbocycles. The van der Waals surface area contributed by atoms with E-state index in [-0.39, 0.29) is 21.9 Å². The van der Waals surface area contributed by atoms with Crippen LogP contribution in [0.15, 0.2) is 34.1 Å². The number of hydrogen-bond acceptors (Lipinski definition) is 5. The predicted molar refractivity (Wildman–Crippen MR) is 97.4 cm³/mol. The third-order valence-corrected chi connectivity index (χ3v) is 7.97. The highest BCUT2D eigenvalue weighted by Gasteiger charge is 2.27. The van der Waals surface area contributed by atoms with Gasteiger partial charge in [0.25, 0.3) is 0 Å². The molecule has 0 bridgehead atoms. The molecule has 0 spiro atoms. The van der Waals surface area contributed by atoms with Gasteiger partial charge in [-0.3, -0.25) is 0 Å². The molecule has 1 saturated heterocycles. The number of nitrogens with one attached hydrogen (secondary N) is 2. The van der Waals surface area contributed by atoms with Gasteiger partial charge in [0.1, 0.15) is 0 Å². The van der Waals surface area contributed by atoms with Crippen LogP contribution < -0.4 is 10.0 Å². The summed E-state index contributed by atoms with van der Waals surface area (Å²) in [5.74, 6) is 0. The molecule has 2 unspecified atom stereocenters. The van der Waals surface area contributed by atoms with Crippen LogP contribution in [0.3, 0.4) is 0 Å². The maximum Gasteiger partial charge on any atom is 0.243 e. The summed E-state index contributed by atoms with van der Waals surface area (Å²) >= 11 is 0. The standard InChI is InChI=1S/C16H27N3O4S2/c1-4-19(5-2)25(22,23)16-8-6-7-15(12-16)24(20,21)18-14-9-10-17-13(3)11-14/h6-8,12-14,17-18H,4-5,9-11H2,1-3H3. The van der Waals surface area contributed by atoms with E-state index in [0.29, 0.717) is 25.9 Å². The Morgan fingerprint density at radius 3 is 2.40 bits per heavy atom. The molecule has 7 nitrogen and oxygen atoms in total. The average molecular weight is 390 g/mol. The molecule has 142 valence electrons. The second-order valence-corrected chi connectivity index (χ2v) is 9.91. The Morgan fingerprint density at radius 2 is 1.80 bits per heavy atom. The monoisotopic (exact) mass is 389 g/mol. The van der Waals surface area contributed by atoms with Crippen molar-refractivity contribution >= 4 is 20.0 Å². The molecule has 0 radical (unpaired) electrons. The number of hydrogen-bond donors (Lipinski definition) is 2. The van der Waals surface area contributed by atoms with E-state index < -0.39 is 20.0 Å². The van der Waals surface area contributed by atoms with Gasteiger partial charge >= 0.3 is 0 Å². The fraction of sp³-hybridized carbons (Fsp3) is 0.625. The number of rotatable bonds is 7. The molecule has 1 heterocycles. The zero-order chi connectivity index (χ0) is 18.7. The molecule has 2 N–H and O–H groups in total. The summed E-state index contributed by atoms with van der Waals surface area (Å²) < 4.78 is 54.5. The first-order chi connectivity index (χ1) is 11.7. The van der Waals surface area contributed by atoms with Crippen molar-refractivity contribution in [2.45, 2.75) is 55.5 Å². The summed E-state index contributed by atoms with van der Waals surface area (Å²) in [6.07, 6.45) is 1.41. The highest BCUT2D eigenvalue weighted by atomic mass is 32.2. The second kappa shape index (κ2) is 8.13. The third-order valence-electron chi connectivity index (χ3n) is 4.40. The van der Waals surface area contributed by atoms with E-state index in [1.807, 2.05) is 6.92 Å². The quantitative estimate of drug-likeness (QED) is 0.729. The van der Waals surface area contributed by atoms with E-state index in [1.165, 1.54) is 28.6 Å². The molecular formula is C16H27N3O4S2. The van der Waals surface area contributed by atoms with E-state index in [0.717, 1.165) is 6.54 Å². The van der Waals surface area contributed by atoms with E-state index in [4.69, 9.17) is 0 Å². The van der Waals surface area contributed by atoms with Crippen molar-refractivity contribution in [2.75, 3.05) is 19.6 Å². The molecule has 0 aliphatic carbocycles. The first kappa shape index (κ1) is 20.3. The second-order valence-electron chi connectivity index (χ2n) is 6.26. The van der Waals surface area contributed by atoms with Crippen molar-refractivity contribution < 1.29 is 16.8 Å². The number of benzene rings is 1. The SMILES string of the molecule is CCN(CC)S(=O)(=O)c1cccc(S(=O)(=O)NC2CCNC(C)C2)c1. The smallest absolute Gasteiger partial charge is 0.243 e. The van der Waals surface area contributed by atoms with Crippen LogP contribution in [0.5, 0.6) is 0 Å². The minimum absolute atomic E-state index is 0.00208. The molecule has 2 rings (SSSR count). The van der Waals surface area contributed by atoms with Crippen LogP contribution in [0.25, 0.3) is 0 Å². The Labute approximate surface area is 150 Å². The fourth-order valence-electron chi connectivity index (χ4n) is 3.04. The Morgan fingerprint density at radius 1 is 1.16 bits per heavy atom. The Hall–Kier alpha value is -1.00. The minimum atomic E-state index is -3.77. The molecule has 2 atom stereocenters. The van der Waals surface area contributed by atoms with Crippen molar-refractivity contribution in [3.8, 4) is 0 Å². The summed E-state index contributed by atoms with van der Waals surface area (Å²) in [5, 5.41) is 3.27. The van der Waals surface area contributed by atoms with E-state index in [2.05, 4.69) is 10.0 Å². The van der Waals surface area contributed by atoms with Crippen molar-refractivity contribution in [1.29, 1.82) is 0 Å². The van der Waals surface area contributed by atoms with Crippen LogP contribution in [-0.2, 0) is 20.0 Å². The summed E-state index contributed by atoms with van der Waals surface area (Å²) in [5.41, 5.74) is 0. The topological polar surface area (TPSA) is 95.6 Å². The number of nitrogens with zero attached hydrogens (tertiary/aromatic N) is 1. The van der Waals surface area contributed by atoms with Gasteiger partial charge in [-0.15, -0.1) is 0 Å². The van der Waals surface area contributed by atoms with Crippen LogP contribution in [0.2, 0.25) is 0 Å². The van der Waals surface area contributed by atoms with Gasteiger partial charge in [0, 0.05) is 25.2 Å². The zero-order valence-corrected chi connectivity index (χ0v) is 16.5. The van der Waals surface area contributed by atoms with E-state index in [1.54, 1.807) is 13.8 Å². The van der Waals surface area contributed by atoms with Crippen LogP contribution in [0.1, 0.15) is 33.6 Å². The number of sulfonamides is 2. The summed E-state index contributed by atoms with van der Waals surface area (Å²) in [6.45, 7) is 6.94. The minimum Gasteiger partial charge on any atom is -0.314 e. The van der Waals surface area contributed by atoms with Gasteiger partial charge < -0.3 is 5.32 Å². The molecule has 25 heavy (non-hydrogen) atoms. The van der Waals surface area contributed by atoms with Gasteiger partial charge in [0.05, 0.1) is 9.79 Å². The highest BCUT2D eigenvalue weighted by Crippen LogP contribution is 2.20. The largest absolute Gasteiger partial charge is 0.314 e. The van der Waals surface area contributed by atoms with Crippen LogP contribution >= 0.6 is 0 Å². The molecular weight excluding hydrogens is 362 g/mol. The Kier molecular flexibility index (Phi) is 6.61. The van der Waals surface area contributed by atoms with E-state index >= 15 is 0 Å². The summed E-state index contributed by atoms with van der Waals surface area (Å²) in [4.78, 5) is -0.0235. The number of piperidine rings is 1. The molecule has 1 aliphatic rings. The van der Waals surface area contributed by atoms with Gasteiger partial charge in [0.15, 0.2) is 0 Å². The van der Waals surface area contributed by atoms with Crippen molar-refractivity contribution in [3.05, 3.63) is 24.3 Å². The molecule has 0 saturated carbocycles. The van der Waals surface area contributed by atoms with Gasteiger partial charge in [-0.2, -0.15) is 4.31 Å². The highest BCUT2D eigenvalue weighted by molar-refractivity contribution is 7.90. The lowest BCUT2D eigenvalue weighted by Crippen LogP contribution is -2.46. The third kappa shape index (κ3) is 4.79. The Bertz CT molecular complexity index is 789. The van der Waals surface area contributed by atoms with Gasteiger partial charge in [-0.05, 0) is 44.5 Å². The van der Waals surface area contributed by atoms with E-state index in [9.17, 15) is 16.8 Å². The maximum atomic E-state index is 12.7. The predicted octanol–water partition coefficient (Wildman–Crippen LogP) is 1.14. The molecule has 1 aliphatic heterocycles. The van der Waals surface area contributed by atoms with Crippen LogP contribution in [0.4, 0.5) is 0 Å². The van der Waals surface area contributed by atoms with Crippen molar-refractivity contribution in [3.63, 3.8) is 0 Å². The van der Waals surface area contributed by atoms with Crippen LogP contribution in [-0.4, -0.2) is 52.9 Å². The molecule has 1 aromatic rings. The molecule has 1 fully saturated rings. The van der Waals surface area contributed by atoms with Gasteiger partial charge in [-0.25, -0.2) is 21.6 Å². The maximum absolute atomic E-state index is 12.7.